The van der Waals surface area contributed by atoms with Crippen LogP contribution in [0.15, 0.2) is 30.3 Å². The summed E-state index contributed by atoms with van der Waals surface area (Å²) in [7, 11) is 1.35. The molecule has 0 aliphatic carbocycles. The lowest BCUT2D eigenvalue weighted by atomic mass is 9.88. The molecule has 0 heterocycles. The molecule has 0 bridgehead atoms. The zero-order valence-corrected chi connectivity index (χ0v) is 16.1. The van der Waals surface area contributed by atoms with Gasteiger partial charge in [0.15, 0.2) is 0 Å². The van der Waals surface area contributed by atoms with Crippen LogP contribution in [0.2, 0.25) is 0 Å². The van der Waals surface area contributed by atoms with Gasteiger partial charge in [-0.05, 0) is 25.3 Å². The van der Waals surface area contributed by atoms with E-state index in [9.17, 15) is 9.59 Å². The topological polar surface area (TPSA) is 52.6 Å². The summed E-state index contributed by atoms with van der Waals surface area (Å²) >= 11 is 5.67. The first-order valence-corrected chi connectivity index (χ1v) is 9.36. The standard InChI is InChI=1S/C20H29ClO4/c1-15(18(22)12-8-5-9-13-21)19(16(2)20(23)24-3)25-14-17-10-6-4-7-11-17/h4,6-7,10-11,15-16,19H,5,8-9,12-14H2,1-3H3/t15-,16-,19-/m1/s1. The third kappa shape index (κ3) is 7.57. The summed E-state index contributed by atoms with van der Waals surface area (Å²) in [5.41, 5.74) is 1.01. The lowest BCUT2D eigenvalue weighted by molar-refractivity contribution is -0.154. The minimum atomic E-state index is -0.506. The molecule has 1 rings (SSSR count). The molecule has 0 aliphatic heterocycles. The van der Waals surface area contributed by atoms with Crippen molar-refractivity contribution in [2.45, 2.75) is 52.2 Å². The Balaban J connectivity index is 2.71. The molecule has 1 aromatic rings. The van der Waals surface area contributed by atoms with Gasteiger partial charge in [-0.15, -0.1) is 11.6 Å². The Kier molecular flexibility index (Phi) is 10.4. The molecule has 0 saturated carbocycles. The number of ketones is 1. The van der Waals surface area contributed by atoms with Gasteiger partial charge in [0.05, 0.1) is 25.7 Å². The Bertz CT molecular complexity index is 518. The molecule has 0 aromatic heterocycles. The lowest BCUT2D eigenvalue weighted by Gasteiger charge is -2.27. The number of carbonyl (C=O) groups is 2. The summed E-state index contributed by atoms with van der Waals surface area (Å²) < 4.78 is 10.8. The number of hydrogen-bond acceptors (Lipinski definition) is 4. The van der Waals surface area contributed by atoms with E-state index < -0.39 is 12.0 Å². The van der Waals surface area contributed by atoms with E-state index in [0.29, 0.717) is 18.9 Å². The van der Waals surface area contributed by atoms with Crippen LogP contribution in [0, 0.1) is 11.8 Å². The van der Waals surface area contributed by atoms with Crippen LogP contribution in [-0.2, 0) is 25.7 Å². The third-order valence-electron chi connectivity index (χ3n) is 4.41. The maximum Gasteiger partial charge on any atom is 0.311 e. The van der Waals surface area contributed by atoms with Gasteiger partial charge in [0.25, 0.3) is 0 Å². The highest BCUT2D eigenvalue weighted by Gasteiger charge is 2.33. The molecular weight excluding hydrogens is 340 g/mol. The second-order valence-corrected chi connectivity index (χ2v) is 6.71. The molecule has 4 nitrogen and oxygen atoms in total. The predicted molar refractivity (Wildman–Crippen MR) is 99.6 cm³/mol. The Hall–Kier alpha value is -1.39. The van der Waals surface area contributed by atoms with E-state index in [4.69, 9.17) is 21.1 Å². The van der Waals surface area contributed by atoms with E-state index >= 15 is 0 Å². The van der Waals surface area contributed by atoms with Crippen LogP contribution >= 0.6 is 11.6 Å². The number of carbonyl (C=O) groups excluding carboxylic acids is 2. The number of unbranched alkanes of at least 4 members (excludes halogenated alkanes) is 2. The number of ether oxygens (including phenoxy) is 2. The molecule has 0 amide bonds. The highest BCUT2D eigenvalue weighted by atomic mass is 35.5. The van der Waals surface area contributed by atoms with E-state index in [-0.39, 0.29) is 17.7 Å². The molecule has 3 atom stereocenters. The van der Waals surface area contributed by atoms with Gasteiger partial charge in [-0.3, -0.25) is 9.59 Å². The maximum absolute atomic E-state index is 12.5. The van der Waals surface area contributed by atoms with Crippen LogP contribution in [-0.4, -0.2) is 30.8 Å². The van der Waals surface area contributed by atoms with E-state index in [0.717, 1.165) is 24.8 Å². The molecule has 140 valence electrons. The van der Waals surface area contributed by atoms with Crippen LogP contribution < -0.4 is 0 Å². The molecule has 0 spiro atoms. The van der Waals surface area contributed by atoms with E-state index in [1.807, 2.05) is 37.3 Å². The first-order chi connectivity index (χ1) is 12.0. The van der Waals surface area contributed by atoms with E-state index in [1.165, 1.54) is 7.11 Å². The van der Waals surface area contributed by atoms with Crippen LogP contribution in [0.25, 0.3) is 0 Å². The van der Waals surface area contributed by atoms with Crippen molar-refractivity contribution < 1.29 is 19.1 Å². The minimum absolute atomic E-state index is 0.114. The Morgan fingerprint density at radius 3 is 2.32 bits per heavy atom. The monoisotopic (exact) mass is 368 g/mol. The van der Waals surface area contributed by atoms with Gasteiger partial charge in [-0.1, -0.05) is 43.7 Å². The Morgan fingerprint density at radius 1 is 1.04 bits per heavy atom. The van der Waals surface area contributed by atoms with Gasteiger partial charge in [0.2, 0.25) is 0 Å². The SMILES string of the molecule is COC(=O)[C@H](C)[C@H](OCc1ccccc1)[C@H](C)C(=O)CCCCCCl. The van der Waals surface area contributed by atoms with Crippen LogP contribution in [0.1, 0.15) is 45.1 Å². The number of benzene rings is 1. The van der Waals surface area contributed by atoms with Crippen molar-refractivity contribution >= 4 is 23.4 Å². The quantitative estimate of drug-likeness (QED) is 0.312. The smallest absolute Gasteiger partial charge is 0.311 e. The molecule has 0 fully saturated rings. The molecule has 5 heteroatoms. The average molecular weight is 369 g/mol. The number of halogens is 1. The van der Waals surface area contributed by atoms with Gasteiger partial charge in [0.1, 0.15) is 5.78 Å². The number of alkyl halides is 1. The van der Waals surface area contributed by atoms with Gasteiger partial charge in [-0.25, -0.2) is 0 Å². The first kappa shape index (κ1) is 21.7. The molecule has 0 unspecified atom stereocenters. The van der Waals surface area contributed by atoms with Crippen molar-refractivity contribution in [1.82, 2.24) is 0 Å². The first-order valence-electron chi connectivity index (χ1n) is 8.83. The average Bonchev–Trinajstić information content (AvgIpc) is 2.64. The van der Waals surface area contributed by atoms with Crippen molar-refractivity contribution in [3.63, 3.8) is 0 Å². The second-order valence-electron chi connectivity index (χ2n) is 6.33. The number of esters is 1. The highest BCUT2D eigenvalue weighted by Crippen LogP contribution is 2.23. The highest BCUT2D eigenvalue weighted by molar-refractivity contribution is 6.17. The number of hydrogen-bond donors (Lipinski definition) is 0. The lowest BCUT2D eigenvalue weighted by Crippen LogP contribution is -2.38. The fourth-order valence-corrected chi connectivity index (χ4v) is 2.98. The zero-order chi connectivity index (χ0) is 18.7. The van der Waals surface area contributed by atoms with Crippen molar-refractivity contribution in [2.75, 3.05) is 13.0 Å². The summed E-state index contributed by atoms with van der Waals surface area (Å²) in [6, 6.07) is 9.72. The summed E-state index contributed by atoms with van der Waals surface area (Å²) in [6.07, 6.45) is 2.64. The van der Waals surface area contributed by atoms with E-state index in [2.05, 4.69) is 0 Å². The van der Waals surface area contributed by atoms with Crippen LogP contribution in [0.4, 0.5) is 0 Å². The molecular formula is C20H29ClO4. The second kappa shape index (κ2) is 12.0. The third-order valence-corrected chi connectivity index (χ3v) is 4.68. The fraction of sp³-hybridized carbons (Fsp3) is 0.600. The molecule has 0 radical (unpaired) electrons. The van der Waals surface area contributed by atoms with Crippen molar-refractivity contribution in [2.24, 2.45) is 11.8 Å². The molecule has 1 aromatic carbocycles. The van der Waals surface area contributed by atoms with Crippen LogP contribution in [0.3, 0.4) is 0 Å². The van der Waals surface area contributed by atoms with Gasteiger partial charge < -0.3 is 9.47 Å². The Morgan fingerprint density at radius 2 is 1.72 bits per heavy atom. The minimum Gasteiger partial charge on any atom is -0.469 e. The van der Waals surface area contributed by atoms with Gasteiger partial charge in [0, 0.05) is 18.2 Å². The van der Waals surface area contributed by atoms with Gasteiger partial charge in [-0.2, -0.15) is 0 Å². The van der Waals surface area contributed by atoms with Crippen molar-refractivity contribution in [1.29, 1.82) is 0 Å². The molecule has 0 aliphatic rings. The Labute approximate surface area is 155 Å². The maximum atomic E-state index is 12.5. The molecule has 0 N–H and O–H groups in total. The number of rotatable bonds is 12. The summed E-state index contributed by atoms with van der Waals surface area (Å²) in [4.78, 5) is 24.5. The summed E-state index contributed by atoms with van der Waals surface area (Å²) in [5.74, 6) is -0.501. The predicted octanol–water partition coefficient (Wildman–Crippen LogP) is 4.39. The molecule has 0 saturated heterocycles. The summed E-state index contributed by atoms with van der Waals surface area (Å²) in [6.45, 7) is 3.94. The van der Waals surface area contributed by atoms with Crippen LogP contribution in [0.5, 0.6) is 0 Å². The normalized spacial score (nSPS) is 14.6. The van der Waals surface area contributed by atoms with Crippen molar-refractivity contribution in [3.05, 3.63) is 35.9 Å². The summed E-state index contributed by atoms with van der Waals surface area (Å²) in [5, 5.41) is 0. The zero-order valence-electron chi connectivity index (χ0n) is 15.4. The fourth-order valence-electron chi connectivity index (χ4n) is 2.79. The number of methoxy groups -OCH3 is 1. The largest absolute Gasteiger partial charge is 0.469 e. The number of Topliss-reactive ketones (excluding diaryl/α,β-unsaturated/α-hetero) is 1. The molecule has 25 heavy (non-hydrogen) atoms. The van der Waals surface area contributed by atoms with Crippen molar-refractivity contribution in [3.8, 4) is 0 Å². The van der Waals surface area contributed by atoms with Gasteiger partial charge >= 0.3 is 5.97 Å². The van der Waals surface area contributed by atoms with E-state index in [1.54, 1.807) is 6.92 Å².